The molecule has 3 rings (SSSR count). The highest BCUT2D eigenvalue weighted by Gasteiger charge is 2.62. The van der Waals surface area contributed by atoms with Gasteiger partial charge in [0.25, 0.3) is 0 Å². The molecule has 19 heavy (non-hydrogen) atoms. The van der Waals surface area contributed by atoms with Crippen LogP contribution in [0.1, 0.15) is 33.1 Å². The van der Waals surface area contributed by atoms with Gasteiger partial charge in [-0.25, -0.2) is 0 Å². The van der Waals surface area contributed by atoms with Gasteiger partial charge in [0.2, 0.25) is 11.8 Å². The van der Waals surface area contributed by atoms with Crippen molar-refractivity contribution < 1.29 is 19.5 Å². The summed E-state index contributed by atoms with van der Waals surface area (Å²) in [4.78, 5) is 37.2. The molecule has 0 N–H and O–H groups in total. The van der Waals surface area contributed by atoms with Gasteiger partial charge in [-0.2, -0.15) is 0 Å². The first-order valence-corrected chi connectivity index (χ1v) is 7.01. The number of likely N-dealkylation sites (tertiary alicyclic amines) is 1. The van der Waals surface area contributed by atoms with Crippen molar-refractivity contribution in [3.05, 3.63) is 0 Å². The molecular weight excluding hydrogens is 246 g/mol. The molecule has 0 aromatic carbocycles. The van der Waals surface area contributed by atoms with Crippen LogP contribution in [-0.2, 0) is 14.4 Å². The molecule has 0 aromatic rings. The quantitative estimate of drug-likeness (QED) is 0.661. The fourth-order valence-corrected chi connectivity index (χ4v) is 4.38. The van der Waals surface area contributed by atoms with E-state index in [4.69, 9.17) is 0 Å². The molecule has 3 fully saturated rings. The van der Waals surface area contributed by atoms with Crippen LogP contribution in [0, 0.1) is 29.6 Å². The summed E-state index contributed by atoms with van der Waals surface area (Å²) in [6.07, 6.45) is 2.95. The number of fused-ring (bicyclic) bond motifs is 5. The second kappa shape index (κ2) is 4.05. The number of carboxylic acids is 1. The predicted molar refractivity (Wildman–Crippen MR) is 63.3 cm³/mol. The van der Waals surface area contributed by atoms with Gasteiger partial charge >= 0.3 is 0 Å². The number of hydrogen-bond acceptors (Lipinski definition) is 4. The lowest BCUT2D eigenvalue weighted by atomic mass is 9.81. The number of amides is 2. The minimum Gasteiger partial charge on any atom is -0.548 e. The van der Waals surface area contributed by atoms with Crippen molar-refractivity contribution in [2.75, 3.05) is 0 Å². The molecule has 2 amide bonds. The van der Waals surface area contributed by atoms with Gasteiger partial charge in [-0.3, -0.25) is 14.5 Å². The molecule has 0 aromatic heterocycles. The Labute approximate surface area is 112 Å². The lowest BCUT2D eigenvalue weighted by molar-refractivity contribution is -0.312. The summed E-state index contributed by atoms with van der Waals surface area (Å²) in [6.45, 7) is 3.40. The van der Waals surface area contributed by atoms with Crippen LogP contribution in [0.5, 0.6) is 0 Å². The summed E-state index contributed by atoms with van der Waals surface area (Å²) in [5, 5.41) is 11.3. The lowest BCUT2D eigenvalue weighted by Crippen LogP contribution is -2.54. The minimum atomic E-state index is -1.33. The Bertz CT molecular complexity index is 430. The van der Waals surface area contributed by atoms with E-state index in [0.29, 0.717) is 0 Å². The molecule has 2 saturated carbocycles. The number of rotatable bonds is 3. The smallest absolute Gasteiger partial charge is 0.234 e. The molecule has 5 heteroatoms. The van der Waals surface area contributed by atoms with E-state index >= 15 is 0 Å². The normalized spacial score (nSPS) is 38.2. The first kappa shape index (κ1) is 12.6. The average molecular weight is 264 g/mol. The zero-order chi connectivity index (χ0) is 13.9. The number of hydrogen-bond donors (Lipinski definition) is 0. The monoisotopic (exact) mass is 264 g/mol. The van der Waals surface area contributed by atoms with Crippen molar-refractivity contribution in [1.82, 2.24) is 4.90 Å². The van der Waals surface area contributed by atoms with Crippen LogP contribution in [-0.4, -0.2) is 28.7 Å². The molecule has 0 unspecified atom stereocenters. The Hall–Kier alpha value is -1.39. The van der Waals surface area contributed by atoms with Crippen LogP contribution in [0.2, 0.25) is 0 Å². The molecule has 3 aliphatic rings. The largest absolute Gasteiger partial charge is 0.548 e. The summed E-state index contributed by atoms with van der Waals surface area (Å²) in [5.74, 6) is -2.15. The van der Waals surface area contributed by atoms with Crippen LogP contribution in [0.4, 0.5) is 0 Å². The first-order chi connectivity index (χ1) is 8.93. The number of nitrogens with zero attached hydrogens (tertiary/aromatic N) is 1. The highest BCUT2D eigenvalue weighted by atomic mass is 16.4. The van der Waals surface area contributed by atoms with E-state index in [1.807, 2.05) is 0 Å². The van der Waals surface area contributed by atoms with Gasteiger partial charge in [-0.1, -0.05) is 13.8 Å². The Morgan fingerprint density at radius 3 is 2.00 bits per heavy atom. The molecule has 0 spiro atoms. The van der Waals surface area contributed by atoms with Gasteiger partial charge in [0, 0.05) is 0 Å². The lowest BCUT2D eigenvalue weighted by Gasteiger charge is -2.31. The molecule has 2 bridgehead atoms. The zero-order valence-corrected chi connectivity index (χ0v) is 11.2. The van der Waals surface area contributed by atoms with E-state index in [1.165, 1.54) is 0 Å². The minimum absolute atomic E-state index is 0.258. The Morgan fingerprint density at radius 2 is 1.63 bits per heavy atom. The van der Waals surface area contributed by atoms with Gasteiger partial charge in [0.1, 0.15) is 0 Å². The van der Waals surface area contributed by atoms with Crippen molar-refractivity contribution in [2.45, 2.75) is 39.2 Å². The topological polar surface area (TPSA) is 77.5 Å². The first-order valence-electron chi connectivity index (χ1n) is 7.01. The van der Waals surface area contributed by atoms with Crippen molar-refractivity contribution in [1.29, 1.82) is 0 Å². The predicted octanol–water partition coefficient (Wildman–Crippen LogP) is -0.208. The van der Waals surface area contributed by atoms with E-state index in [2.05, 4.69) is 0 Å². The van der Waals surface area contributed by atoms with Gasteiger partial charge in [0.15, 0.2) is 0 Å². The fourth-order valence-electron chi connectivity index (χ4n) is 4.38. The molecular formula is C14H18NO4-. The molecule has 1 aliphatic heterocycles. The summed E-state index contributed by atoms with van der Waals surface area (Å²) in [6, 6.07) is -1.12. The van der Waals surface area contributed by atoms with Gasteiger partial charge < -0.3 is 9.90 Å². The highest BCUT2D eigenvalue weighted by molar-refractivity contribution is 6.08. The van der Waals surface area contributed by atoms with Gasteiger partial charge in [0.05, 0.1) is 23.8 Å². The molecule has 2 aliphatic carbocycles. The maximum Gasteiger partial charge on any atom is 0.234 e. The van der Waals surface area contributed by atoms with Crippen molar-refractivity contribution in [3.63, 3.8) is 0 Å². The summed E-state index contributed by atoms with van der Waals surface area (Å²) >= 11 is 0. The van der Waals surface area contributed by atoms with Gasteiger partial charge in [-0.15, -0.1) is 0 Å². The fraction of sp³-hybridized carbons (Fsp3) is 0.786. The summed E-state index contributed by atoms with van der Waals surface area (Å²) in [7, 11) is 0. The van der Waals surface area contributed by atoms with Crippen LogP contribution in [0.25, 0.3) is 0 Å². The number of carbonyl (C=O) groups excluding carboxylic acids is 3. The SMILES string of the molecule is CC(C)[C@H](C(=O)[O-])N1C(=O)[C@@H]2[C@@H]3CC[C@@H](C3)[C@@H]2C1=O. The maximum atomic E-state index is 12.5. The Balaban J connectivity index is 1.94. The van der Waals surface area contributed by atoms with Gasteiger partial charge in [-0.05, 0) is 37.0 Å². The number of aliphatic carboxylic acids is 1. The number of carboxylic acid groups (broad SMARTS) is 1. The van der Waals surface area contributed by atoms with E-state index < -0.39 is 12.0 Å². The number of imide groups is 1. The standard InChI is InChI=1S/C14H19NO4/c1-6(2)11(14(18)19)15-12(16)9-7-3-4-8(5-7)10(9)13(15)17/h6-11H,3-5H2,1-2H3,(H,18,19)/p-1/t7-,8+,9-,10+,11-/m1/s1. The zero-order valence-electron chi connectivity index (χ0n) is 11.2. The number of carbonyl (C=O) groups is 3. The van der Waals surface area contributed by atoms with Crippen LogP contribution in [0.3, 0.4) is 0 Å². The Kier molecular flexibility index (Phi) is 2.69. The van der Waals surface area contributed by atoms with Crippen molar-refractivity contribution in [3.8, 4) is 0 Å². The van der Waals surface area contributed by atoms with E-state index in [0.717, 1.165) is 24.2 Å². The summed E-state index contributed by atoms with van der Waals surface area (Å²) < 4.78 is 0. The van der Waals surface area contributed by atoms with Crippen LogP contribution in [0.15, 0.2) is 0 Å². The van der Waals surface area contributed by atoms with Crippen LogP contribution >= 0.6 is 0 Å². The highest BCUT2D eigenvalue weighted by Crippen LogP contribution is 2.56. The Morgan fingerprint density at radius 1 is 1.16 bits per heavy atom. The third kappa shape index (κ3) is 1.56. The molecule has 0 radical (unpaired) electrons. The average Bonchev–Trinajstić information content (AvgIpc) is 2.97. The molecule has 5 nitrogen and oxygen atoms in total. The maximum absolute atomic E-state index is 12.5. The molecule has 104 valence electrons. The van der Waals surface area contributed by atoms with E-state index in [-0.39, 0.29) is 41.4 Å². The third-order valence-corrected chi connectivity index (χ3v) is 5.11. The molecule has 5 atom stereocenters. The third-order valence-electron chi connectivity index (χ3n) is 5.11. The second-order valence-corrected chi connectivity index (χ2v) is 6.44. The van der Waals surface area contributed by atoms with Crippen molar-refractivity contribution in [2.24, 2.45) is 29.6 Å². The molecule has 1 saturated heterocycles. The molecule has 1 heterocycles. The van der Waals surface area contributed by atoms with E-state index in [1.54, 1.807) is 13.8 Å². The van der Waals surface area contributed by atoms with E-state index in [9.17, 15) is 19.5 Å². The van der Waals surface area contributed by atoms with Crippen molar-refractivity contribution >= 4 is 17.8 Å². The summed E-state index contributed by atoms with van der Waals surface area (Å²) in [5.41, 5.74) is 0. The van der Waals surface area contributed by atoms with Crippen LogP contribution < -0.4 is 5.11 Å². The second-order valence-electron chi connectivity index (χ2n) is 6.44.